The van der Waals surface area contributed by atoms with Crippen LogP contribution in [0.2, 0.25) is 0 Å². The van der Waals surface area contributed by atoms with Gasteiger partial charge in [0.2, 0.25) is 5.76 Å². The molecule has 31 heavy (non-hydrogen) atoms. The summed E-state index contributed by atoms with van der Waals surface area (Å²) in [7, 11) is 0. The maximum absolute atomic E-state index is 12.6. The summed E-state index contributed by atoms with van der Waals surface area (Å²) < 4.78 is 45.0. The van der Waals surface area contributed by atoms with E-state index in [2.05, 4.69) is 15.5 Å². The summed E-state index contributed by atoms with van der Waals surface area (Å²) in [5, 5.41) is 14.0. The molecule has 4 rings (SSSR count). The number of hydrogen-bond donors (Lipinski definition) is 2. The average molecular weight is 428 g/mol. The molecule has 0 aliphatic heterocycles. The van der Waals surface area contributed by atoms with Gasteiger partial charge in [0.15, 0.2) is 0 Å². The fourth-order valence-corrected chi connectivity index (χ4v) is 3.05. The van der Waals surface area contributed by atoms with Gasteiger partial charge in [0.1, 0.15) is 11.6 Å². The topological polar surface area (TPSA) is 92.6 Å². The Kier molecular flexibility index (Phi) is 5.20. The first-order valence-electron chi connectivity index (χ1n) is 9.03. The van der Waals surface area contributed by atoms with Gasteiger partial charge in [-0.1, -0.05) is 18.2 Å². The summed E-state index contributed by atoms with van der Waals surface area (Å²) in [6.45, 7) is 0.315. The number of hydrazone groups is 1. The largest absolute Gasteiger partial charge is 0.475 e. The van der Waals surface area contributed by atoms with E-state index in [1.54, 1.807) is 6.07 Å². The number of nitrogens with one attached hydrogen (secondary N) is 1. The summed E-state index contributed by atoms with van der Waals surface area (Å²) in [5.41, 5.74) is 3.40. The predicted molar refractivity (Wildman–Crippen MR) is 107 cm³/mol. The molecule has 0 aliphatic rings. The zero-order valence-corrected chi connectivity index (χ0v) is 15.8. The Hall–Kier alpha value is -4.08. The number of nitrogens with zero attached hydrogens (tertiary/aromatic N) is 3. The third-order valence-electron chi connectivity index (χ3n) is 4.49. The molecule has 0 saturated heterocycles. The number of halogens is 3. The van der Waals surface area contributed by atoms with Gasteiger partial charge in [0.05, 0.1) is 18.3 Å². The molecule has 0 saturated carbocycles. The highest BCUT2D eigenvalue weighted by Gasteiger charge is 2.30. The zero-order valence-electron chi connectivity index (χ0n) is 15.8. The van der Waals surface area contributed by atoms with Crippen molar-refractivity contribution in [1.29, 1.82) is 0 Å². The lowest BCUT2D eigenvalue weighted by Crippen LogP contribution is -2.05. The van der Waals surface area contributed by atoms with E-state index in [0.29, 0.717) is 12.3 Å². The number of alkyl halides is 3. The minimum absolute atomic E-state index is 0.138. The molecule has 0 spiro atoms. The van der Waals surface area contributed by atoms with Crippen molar-refractivity contribution >= 4 is 28.9 Å². The summed E-state index contributed by atoms with van der Waals surface area (Å²) in [4.78, 5) is 14.7. The van der Waals surface area contributed by atoms with E-state index < -0.39 is 17.7 Å². The molecule has 0 unspecified atom stereocenters. The van der Waals surface area contributed by atoms with Gasteiger partial charge in [-0.05, 0) is 30.3 Å². The molecule has 1 aromatic carbocycles. The molecule has 0 amide bonds. The van der Waals surface area contributed by atoms with Crippen molar-refractivity contribution in [2.24, 2.45) is 5.10 Å². The van der Waals surface area contributed by atoms with Crippen molar-refractivity contribution in [3.05, 3.63) is 83.6 Å². The Morgan fingerprint density at radius 2 is 2.00 bits per heavy atom. The van der Waals surface area contributed by atoms with E-state index in [4.69, 9.17) is 9.52 Å². The predicted octanol–water partition coefficient (Wildman–Crippen LogP) is 4.84. The van der Waals surface area contributed by atoms with Crippen LogP contribution in [0.1, 0.15) is 27.4 Å². The van der Waals surface area contributed by atoms with Crippen LogP contribution in [-0.4, -0.2) is 26.8 Å². The summed E-state index contributed by atoms with van der Waals surface area (Å²) >= 11 is 0. The monoisotopic (exact) mass is 428 g/mol. The molecule has 0 aliphatic carbocycles. The second-order valence-electron chi connectivity index (χ2n) is 6.60. The minimum Gasteiger partial charge on any atom is -0.475 e. The number of fused-ring (bicyclic) bond motifs is 1. The number of carboxylic acids is 1. The zero-order chi connectivity index (χ0) is 22.0. The van der Waals surface area contributed by atoms with Crippen LogP contribution in [0, 0.1) is 0 Å². The van der Waals surface area contributed by atoms with Crippen LogP contribution >= 0.6 is 0 Å². The number of rotatable bonds is 6. The lowest BCUT2D eigenvalue weighted by molar-refractivity contribution is -0.137. The second kappa shape index (κ2) is 7.98. The van der Waals surface area contributed by atoms with Crippen molar-refractivity contribution < 1.29 is 27.5 Å². The van der Waals surface area contributed by atoms with Gasteiger partial charge in [0, 0.05) is 28.9 Å². The third-order valence-corrected chi connectivity index (χ3v) is 4.49. The number of aromatic carboxylic acids is 1. The third kappa shape index (κ3) is 4.42. The summed E-state index contributed by atoms with van der Waals surface area (Å²) in [5.74, 6) is -0.626. The number of anilines is 1. The maximum atomic E-state index is 12.6. The van der Waals surface area contributed by atoms with Gasteiger partial charge in [-0.15, -0.1) is 0 Å². The molecule has 0 atom stereocenters. The van der Waals surface area contributed by atoms with Crippen molar-refractivity contribution in [2.45, 2.75) is 12.7 Å². The highest BCUT2D eigenvalue weighted by Crippen LogP contribution is 2.29. The van der Waals surface area contributed by atoms with Gasteiger partial charge >= 0.3 is 12.1 Å². The molecule has 158 valence electrons. The van der Waals surface area contributed by atoms with Crippen molar-refractivity contribution in [3.63, 3.8) is 0 Å². The number of aromatic nitrogens is 2. The lowest BCUT2D eigenvalue weighted by atomic mass is 10.2. The quantitative estimate of drug-likeness (QED) is 0.339. The number of para-hydroxylation sites is 1. The number of furan rings is 1. The van der Waals surface area contributed by atoms with Gasteiger partial charge in [-0.3, -0.25) is 5.43 Å². The molecular formula is C21H15F3N4O3. The van der Waals surface area contributed by atoms with E-state index in [1.807, 2.05) is 35.0 Å². The number of carboxylic acid groups (broad SMARTS) is 1. The molecule has 0 radical (unpaired) electrons. The normalized spacial score (nSPS) is 12.0. The first-order chi connectivity index (χ1) is 14.8. The van der Waals surface area contributed by atoms with Crippen LogP contribution in [0.3, 0.4) is 0 Å². The molecule has 7 nitrogen and oxygen atoms in total. The van der Waals surface area contributed by atoms with E-state index in [-0.39, 0.29) is 11.6 Å². The molecule has 3 aromatic heterocycles. The van der Waals surface area contributed by atoms with Crippen molar-refractivity contribution in [2.75, 3.05) is 5.43 Å². The Labute approximate surface area is 173 Å². The SMILES string of the molecule is O=C(O)c1ccc(Cn2cc(/C=N/Nc3ccc(C(F)(F)F)cn3)c3ccccc32)o1. The number of hydrogen-bond acceptors (Lipinski definition) is 5. The number of carbonyl (C=O) groups is 1. The van der Waals surface area contributed by atoms with Gasteiger partial charge < -0.3 is 14.1 Å². The minimum atomic E-state index is -4.45. The molecule has 10 heteroatoms. The molecular weight excluding hydrogens is 413 g/mol. The first-order valence-corrected chi connectivity index (χ1v) is 9.03. The molecule has 2 N–H and O–H groups in total. The maximum Gasteiger partial charge on any atom is 0.417 e. The fraction of sp³-hybridized carbons (Fsp3) is 0.0952. The van der Waals surface area contributed by atoms with Crippen LogP contribution in [0.15, 0.2) is 70.4 Å². The molecule has 0 fully saturated rings. The summed E-state index contributed by atoms with van der Waals surface area (Å²) in [6.07, 6.45) is -0.365. The van der Waals surface area contributed by atoms with E-state index in [9.17, 15) is 18.0 Å². The van der Waals surface area contributed by atoms with Crippen LogP contribution < -0.4 is 5.43 Å². The van der Waals surface area contributed by atoms with Gasteiger partial charge in [-0.2, -0.15) is 18.3 Å². The van der Waals surface area contributed by atoms with E-state index >= 15 is 0 Å². The van der Waals surface area contributed by atoms with Crippen LogP contribution in [0.25, 0.3) is 10.9 Å². The molecule has 4 aromatic rings. The van der Waals surface area contributed by atoms with Gasteiger partial charge in [0.25, 0.3) is 0 Å². The molecule has 0 bridgehead atoms. The Morgan fingerprint density at radius 1 is 1.19 bits per heavy atom. The molecule has 3 heterocycles. The Morgan fingerprint density at radius 3 is 2.68 bits per heavy atom. The Bertz CT molecular complexity index is 1260. The average Bonchev–Trinajstić information content (AvgIpc) is 3.34. The van der Waals surface area contributed by atoms with Crippen LogP contribution in [0.4, 0.5) is 19.0 Å². The van der Waals surface area contributed by atoms with Crippen LogP contribution in [0.5, 0.6) is 0 Å². The highest BCUT2D eigenvalue weighted by atomic mass is 19.4. The fourth-order valence-electron chi connectivity index (χ4n) is 3.05. The second-order valence-corrected chi connectivity index (χ2v) is 6.60. The lowest BCUT2D eigenvalue weighted by Gasteiger charge is -2.06. The van der Waals surface area contributed by atoms with E-state index in [1.165, 1.54) is 18.3 Å². The first kappa shape index (κ1) is 20.2. The summed E-state index contributed by atoms with van der Waals surface area (Å²) in [6, 6.07) is 12.6. The van der Waals surface area contributed by atoms with Crippen molar-refractivity contribution in [1.82, 2.24) is 9.55 Å². The van der Waals surface area contributed by atoms with Gasteiger partial charge in [-0.25, -0.2) is 9.78 Å². The number of benzene rings is 1. The van der Waals surface area contributed by atoms with Crippen molar-refractivity contribution in [3.8, 4) is 0 Å². The number of pyridine rings is 1. The standard InChI is InChI=1S/C21H15F3N4O3/c22-21(23,24)14-5-8-19(25-10-14)27-26-9-13-11-28(17-4-2-1-3-16(13)17)12-15-6-7-18(31-15)20(29)30/h1-11H,12H2,(H,25,27)(H,29,30)/b26-9+. The highest BCUT2D eigenvalue weighted by molar-refractivity contribution is 5.99. The smallest absolute Gasteiger partial charge is 0.417 e. The Balaban J connectivity index is 1.54. The van der Waals surface area contributed by atoms with E-state index in [0.717, 1.165) is 28.7 Å². The van der Waals surface area contributed by atoms with Crippen LogP contribution in [-0.2, 0) is 12.7 Å².